The van der Waals surface area contributed by atoms with Gasteiger partial charge in [-0.15, -0.1) is 5.10 Å². The van der Waals surface area contributed by atoms with E-state index < -0.39 is 5.97 Å². The Morgan fingerprint density at radius 3 is 3.00 bits per heavy atom. The van der Waals surface area contributed by atoms with Crippen molar-refractivity contribution in [3.63, 3.8) is 0 Å². The van der Waals surface area contributed by atoms with Crippen LogP contribution < -0.4 is 0 Å². The number of hydrogen-bond donors (Lipinski definition) is 1. The van der Waals surface area contributed by atoms with Gasteiger partial charge in [-0.25, -0.2) is 4.68 Å². The van der Waals surface area contributed by atoms with E-state index in [1.807, 2.05) is 6.92 Å². The highest BCUT2D eigenvalue weighted by atomic mass is 16.5. The molecule has 0 aliphatic carbocycles. The maximum absolute atomic E-state index is 10.9. The van der Waals surface area contributed by atoms with Crippen molar-refractivity contribution < 1.29 is 14.6 Å². The summed E-state index contributed by atoms with van der Waals surface area (Å²) in [5.41, 5.74) is 0. The highest BCUT2D eigenvalue weighted by Gasteiger charge is 2.32. The normalized spacial score (nSPS) is 23.9. The number of carbonyl (C=O) groups is 1. The minimum atomic E-state index is -0.776. The van der Waals surface area contributed by atoms with Gasteiger partial charge in [0.05, 0.1) is 6.10 Å². The Bertz CT molecular complexity index is 449. The predicted molar refractivity (Wildman–Crippen MR) is 71.2 cm³/mol. The third-order valence-electron chi connectivity index (χ3n) is 3.97. The van der Waals surface area contributed by atoms with Crippen LogP contribution in [0.5, 0.6) is 0 Å². The van der Waals surface area contributed by atoms with E-state index in [9.17, 15) is 4.79 Å². The van der Waals surface area contributed by atoms with Crippen molar-refractivity contribution in [3.05, 3.63) is 5.82 Å². The summed E-state index contributed by atoms with van der Waals surface area (Å²) in [5, 5.41) is 20.9. The van der Waals surface area contributed by atoms with Crippen molar-refractivity contribution in [1.82, 2.24) is 20.2 Å². The minimum Gasteiger partial charge on any atom is -0.481 e. The van der Waals surface area contributed by atoms with Crippen molar-refractivity contribution in [2.45, 2.75) is 58.1 Å². The van der Waals surface area contributed by atoms with Crippen molar-refractivity contribution >= 4 is 5.97 Å². The van der Waals surface area contributed by atoms with Crippen molar-refractivity contribution in [2.75, 3.05) is 6.61 Å². The summed E-state index contributed by atoms with van der Waals surface area (Å²) < 4.78 is 7.45. The fourth-order valence-corrected chi connectivity index (χ4v) is 2.78. The first kappa shape index (κ1) is 14.9. The molecular formula is C13H22N4O3. The molecule has 20 heavy (non-hydrogen) atoms. The highest BCUT2D eigenvalue weighted by Crippen LogP contribution is 2.31. The zero-order valence-corrected chi connectivity index (χ0v) is 12.0. The number of carboxylic acids is 1. The third-order valence-corrected chi connectivity index (χ3v) is 3.97. The van der Waals surface area contributed by atoms with Gasteiger partial charge in [0.25, 0.3) is 0 Å². The Morgan fingerprint density at radius 2 is 2.35 bits per heavy atom. The van der Waals surface area contributed by atoms with E-state index >= 15 is 0 Å². The van der Waals surface area contributed by atoms with Crippen LogP contribution >= 0.6 is 0 Å². The molecule has 1 aliphatic heterocycles. The van der Waals surface area contributed by atoms with Crippen molar-refractivity contribution in [2.24, 2.45) is 5.92 Å². The lowest BCUT2D eigenvalue weighted by atomic mass is 9.98. The summed E-state index contributed by atoms with van der Waals surface area (Å²) in [6.45, 7) is 5.38. The molecule has 0 saturated carbocycles. The Labute approximate surface area is 118 Å². The summed E-state index contributed by atoms with van der Waals surface area (Å²) in [7, 11) is 0. The van der Waals surface area contributed by atoms with Crippen LogP contribution in [0.4, 0.5) is 0 Å². The molecule has 0 aromatic carbocycles. The number of ether oxygens (including phenoxy) is 1. The number of carboxylic acid groups (broad SMARTS) is 1. The Balaban J connectivity index is 2.09. The lowest BCUT2D eigenvalue weighted by Crippen LogP contribution is -2.22. The zero-order valence-electron chi connectivity index (χ0n) is 12.0. The number of aliphatic carboxylic acids is 1. The van der Waals surface area contributed by atoms with Gasteiger partial charge < -0.3 is 9.84 Å². The first-order valence-electron chi connectivity index (χ1n) is 7.25. The SMILES string of the molecule is CCC(CC(=O)O)Cn1nnnc1C1CCOC1CC. The van der Waals surface area contributed by atoms with Crippen LogP contribution in [0, 0.1) is 5.92 Å². The Kier molecular flexibility index (Phi) is 5.05. The molecule has 0 spiro atoms. The fraction of sp³-hybridized carbons (Fsp3) is 0.846. The summed E-state index contributed by atoms with van der Waals surface area (Å²) >= 11 is 0. The first-order chi connectivity index (χ1) is 9.65. The van der Waals surface area contributed by atoms with E-state index in [1.54, 1.807) is 4.68 Å². The molecule has 0 amide bonds. The largest absolute Gasteiger partial charge is 0.481 e. The highest BCUT2D eigenvalue weighted by molar-refractivity contribution is 5.66. The van der Waals surface area contributed by atoms with Crippen LogP contribution in [0.1, 0.15) is 51.3 Å². The molecule has 7 nitrogen and oxygen atoms in total. The maximum Gasteiger partial charge on any atom is 0.303 e. The lowest BCUT2D eigenvalue weighted by Gasteiger charge is -2.18. The smallest absolute Gasteiger partial charge is 0.303 e. The molecule has 1 aromatic heterocycles. The molecule has 1 aromatic rings. The standard InChI is InChI=1S/C13H22N4O3/c1-3-9(7-12(18)19)8-17-13(14-15-16-17)10-5-6-20-11(10)4-2/h9-11H,3-8H2,1-2H3,(H,18,19). The molecule has 3 unspecified atom stereocenters. The summed E-state index contributed by atoms with van der Waals surface area (Å²) in [4.78, 5) is 10.9. The van der Waals surface area contributed by atoms with E-state index in [0.29, 0.717) is 6.54 Å². The van der Waals surface area contributed by atoms with Crippen molar-refractivity contribution in [3.8, 4) is 0 Å². The van der Waals surface area contributed by atoms with Gasteiger partial charge >= 0.3 is 5.97 Å². The van der Waals surface area contributed by atoms with Gasteiger partial charge in [0.15, 0.2) is 5.82 Å². The second kappa shape index (κ2) is 6.78. The molecule has 0 radical (unpaired) electrons. The van der Waals surface area contributed by atoms with E-state index in [2.05, 4.69) is 22.4 Å². The minimum absolute atomic E-state index is 0.0529. The molecule has 1 N–H and O–H groups in total. The number of aromatic nitrogens is 4. The van der Waals surface area contributed by atoms with Crippen LogP contribution in [-0.4, -0.2) is 44.0 Å². The summed E-state index contributed by atoms with van der Waals surface area (Å²) in [5.74, 6) is 0.328. The van der Waals surface area contributed by atoms with E-state index in [4.69, 9.17) is 9.84 Å². The van der Waals surface area contributed by atoms with Gasteiger partial charge in [0.2, 0.25) is 0 Å². The molecule has 1 fully saturated rings. The molecular weight excluding hydrogens is 260 g/mol. The van der Waals surface area contributed by atoms with Crippen molar-refractivity contribution in [1.29, 1.82) is 0 Å². The molecule has 3 atom stereocenters. The van der Waals surface area contributed by atoms with Gasteiger partial charge in [-0.1, -0.05) is 20.3 Å². The van der Waals surface area contributed by atoms with Gasteiger partial charge in [0.1, 0.15) is 0 Å². The molecule has 112 valence electrons. The van der Waals surface area contributed by atoms with E-state index in [-0.39, 0.29) is 24.4 Å². The zero-order chi connectivity index (χ0) is 14.5. The fourth-order valence-electron chi connectivity index (χ4n) is 2.78. The second-order valence-electron chi connectivity index (χ2n) is 5.30. The molecule has 2 rings (SSSR count). The molecule has 1 aliphatic rings. The summed E-state index contributed by atoms with van der Waals surface area (Å²) in [6, 6.07) is 0. The first-order valence-corrected chi connectivity index (χ1v) is 7.25. The van der Waals surface area contributed by atoms with E-state index in [1.165, 1.54) is 0 Å². The van der Waals surface area contributed by atoms with Crippen LogP contribution in [-0.2, 0) is 16.1 Å². The van der Waals surface area contributed by atoms with Gasteiger partial charge in [-0.3, -0.25) is 4.79 Å². The predicted octanol–water partition coefficient (Wildman–Crippen LogP) is 1.46. The Hall–Kier alpha value is -1.50. The molecule has 7 heteroatoms. The maximum atomic E-state index is 10.9. The monoisotopic (exact) mass is 282 g/mol. The number of hydrogen-bond acceptors (Lipinski definition) is 5. The average Bonchev–Trinajstić information content (AvgIpc) is 3.04. The topological polar surface area (TPSA) is 90.1 Å². The van der Waals surface area contributed by atoms with Crippen LogP contribution in [0.25, 0.3) is 0 Å². The second-order valence-corrected chi connectivity index (χ2v) is 5.30. The van der Waals surface area contributed by atoms with E-state index in [0.717, 1.165) is 31.7 Å². The summed E-state index contributed by atoms with van der Waals surface area (Å²) in [6.07, 6.45) is 2.97. The van der Waals surface area contributed by atoms with Crippen LogP contribution in [0.3, 0.4) is 0 Å². The van der Waals surface area contributed by atoms with Crippen LogP contribution in [0.2, 0.25) is 0 Å². The van der Waals surface area contributed by atoms with Gasteiger partial charge in [-0.05, 0) is 29.2 Å². The number of rotatable bonds is 7. The molecule has 2 heterocycles. The molecule has 0 bridgehead atoms. The lowest BCUT2D eigenvalue weighted by molar-refractivity contribution is -0.138. The van der Waals surface area contributed by atoms with Gasteiger partial charge in [-0.2, -0.15) is 0 Å². The average molecular weight is 282 g/mol. The third kappa shape index (κ3) is 3.33. The van der Waals surface area contributed by atoms with Crippen LogP contribution in [0.15, 0.2) is 0 Å². The number of tetrazole rings is 1. The Morgan fingerprint density at radius 1 is 1.55 bits per heavy atom. The van der Waals surface area contributed by atoms with Gasteiger partial charge in [0, 0.05) is 25.5 Å². The number of nitrogens with zero attached hydrogens (tertiary/aromatic N) is 4. The molecule has 1 saturated heterocycles. The quantitative estimate of drug-likeness (QED) is 0.814.